The van der Waals surface area contributed by atoms with Crippen molar-refractivity contribution in [3.05, 3.63) is 41.3 Å². The van der Waals surface area contributed by atoms with Crippen LogP contribution in [0.4, 0.5) is 13.2 Å². The zero-order valence-electron chi connectivity index (χ0n) is 22.3. The summed E-state index contributed by atoms with van der Waals surface area (Å²) in [5.74, 6) is 0.0537. The molecule has 2 aliphatic rings. The predicted octanol–water partition coefficient (Wildman–Crippen LogP) is 4.41. The van der Waals surface area contributed by atoms with Gasteiger partial charge in [0.15, 0.2) is 0 Å². The Labute approximate surface area is 229 Å². The lowest BCUT2D eigenvalue weighted by molar-refractivity contribution is -0.125. The van der Waals surface area contributed by atoms with Gasteiger partial charge in [-0.05, 0) is 56.7 Å². The monoisotopic (exact) mass is 559 g/mol. The SMILES string of the molecule is COCC(=O)N[C@@H]1CCC(NC(=O)c2c(C)[nH]c3c(-c4cc(C(F)F)ccc4OCC4CC4)ncnc23)C(F)C1. The van der Waals surface area contributed by atoms with E-state index in [-0.39, 0.29) is 36.1 Å². The second kappa shape index (κ2) is 11.8. The number of ether oxygens (including phenoxy) is 2. The molecule has 3 aromatic rings. The average Bonchev–Trinajstić information content (AvgIpc) is 3.68. The second-order valence-corrected chi connectivity index (χ2v) is 10.5. The van der Waals surface area contributed by atoms with E-state index in [4.69, 9.17) is 9.47 Å². The normalized spacial score (nSPS) is 21.0. The highest BCUT2D eigenvalue weighted by atomic mass is 19.3. The summed E-state index contributed by atoms with van der Waals surface area (Å²) < 4.78 is 53.0. The lowest BCUT2D eigenvalue weighted by Gasteiger charge is -2.32. The molecule has 3 atom stereocenters. The van der Waals surface area contributed by atoms with Gasteiger partial charge in [0.05, 0.1) is 23.7 Å². The van der Waals surface area contributed by atoms with Crippen LogP contribution in [0.15, 0.2) is 24.5 Å². The Morgan fingerprint density at radius 1 is 1.15 bits per heavy atom. The number of carbonyl (C=O) groups is 2. The molecule has 12 heteroatoms. The molecule has 2 aromatic heterocycles. The van der Waals surface area contributed by atoms with Gasteiger partial charge in [-0.25, -0.2) is 23.1 Å². The second-order valence-electron chi connectivity index (χ2n) is 10.5. The number of halogens is 3. The molecule has 1 aromatic carbocycles. The van der Waals surface area contributed by atoms with Gasteiger partial charge in [-0.15, -0.1) is 0 Å². The Hall–Kier alpha value is -3.67. The zero-order chi connectivity index (χ0) is 28.4. The number of H-pyrrole nitrogens is 1. The molecule has 2 saturated carbocycles. The van der Waals surface area contributed by atoms with Crippen molar-refractivity contribution in [1.29, 1.82) is 0 Å². The third-order valence-electron chi connectivity index (χ3n) is 7.41. The van der Waals surface area contributed by atoms with Crippen LogP contribution in [0.3, 0.4) is 0 Å². The Kier molecular flexibility index (Phi) is 8.24. The van der Waals surface area contributed by atoms with E-state index in [1.165, 1.54) is 31.6 Å². The topological polar surface area (TPSA) is 118 Å². The lowest BCUT2D eigenvalue weighted by Crippen LogP contribution is -2.50. The number of nitrogens with one attached hydrogen (secondary N) is 3. The van der Waals surface area contributed by atoms with Crippen molar-refractivity contribution in [1.82, 2.24) is 25.6 Å². The van der Waals surface area contributed by atoms with Crippen molar-refractivity contribution < 1.29 is 32.2 Å². The van der Waals surface area contributed by atoms with Gasteiger partial charge in [0.1, 0.15) is 36.1 Å². The number of aromatic nitrogens is 3. The van der Waals surface area contributed by atoms with E-state index in [0.717, 1.165) is 12.8 Å². The van der Waals surface area contributed by atoms with E-state index in [9.17, 15) is 18.4 Å². The highest BCUT2D eigenvalue weighted by Gasteiger charge is 2.34. The number of methoxy groups -OCH3 is 1. The Morgan fingerprint density at radius 3 is 2.65 bits per heavy atom. The molecule has 5 rings (SSSR count). The molecule has 0 aliphatic heterocycles. The number of nitrogens with zero attached hydrogens (tertiary/aromatic N) is 2. The van der Waals surface area contributed by atoms with Gasteiger partial charge in [-0.2, -0.15) is 0 Å². The molecule has 40 heavy (non-hydrogen) atoms. The smallest absolute Gasteiger partial charge is 0.263 e. The highest BCUT2D eigenvalue weighted by Crippen LogP contribution is 2.38. The first-order valence-corrected chi connectivity index (χ1v) is 13.4. The van der Waals surface area contributed by atoms with Crippen molar-refractivity contribution in [2.75, 3.05) is 20.3 Å². The summed E-state index contributed by atoms with van der Waals surface area (Å²) in [7, 11) is 1.41. The van der Waals surface area contributed by atoms with E-state index in [1.54, 1.807) is 6.92 Å². The van der Waals surface area contributed by atoms with Gasteiger partial charge in [-0.1, -0.05) is 0 Å². The summed E-state index contributed by atoms with van der Waals surface area (Å²) in [6.07, 6.45) is 0.290. The summed E-state index contributed by atoms with van der Waals surface area (Å²) in [6.45, 7) is 2.07. The number of rotatable bonds is 10. The number of benzene rings is 1. The van der Waals surface area contributed by atoms with E-state index in [0.29, 0.717) is 59.1 Å². The van der Waals surface area contributed by atoms with Gasteiger partial charge in [0, 0.05) is 36.4 Å². The zero-order valence-corrected chi connectivity index (χ0v) is 22.3. The molecule has 2 heterocycles. The molecule has 2 unspecified atom stereocenters. The molecule has 0 bridgehead atoms. The van der Waals surface area contributed by atoms with Gasteiger partial charge < -0.3 is 25.1 Å². The van der Waals surface area contributed by atoms with Crippen LogP contribution in [0.2, 0.25) is 0 Å². The number of hydrogen-bond acceptors (Lipinski definition) is 6. The van der Waals surface area contributed by atoms with Crippen LogP contribution in [0.5, 0.6) is 5.75 Å². The average molecular weight is 560 g/mol. The summed E-state index contributed by atoms with van der Waals surface area (Å²) in [5, 5.41) is 5.53. The van der Waals surface area contributed by atoms with Crippen LogP contribution in [0, 0.1) is 12.8 Å². The van der Waals surface area contributed by atoms with Crippen LogP contribution in [0.25, 0.3) is 22.3 Å². The van der Waals surface area contributed by atoms with Crippen molar-refractivity contribution in [2.45, 2.75) is 63.7 Å². The summed E-state index contributed by atoms with van der Waals surface area (Å²) in [4.78, 5) is 37.0. The van der Waals surface area contributed by atoms with Gasteiger partial charge in [0.2, 0.25) is 5.91 Å². The molecule has 0 saturated heterocycles. The van der Waals surface area contributed by atoms with E-state index in [1.807, 2.05) is 0 Å². The lowest BCUT2D eigenvalue weighted by atomic mass is 9.89. The minimum Gasteiger partial charge on any atom is -0.493 e. The first-order valence-electron chi connectivity index (χ1n) is 13.4. The maximum atomic E-state index is 15.0. The molecule has 3 N–H and O–H groups in total. The molecule has 9 nitrogen and oxygen atoms in total. The van der Waals surface area contributed by atoms with Crippen molar-refractivity contribution in [2.24, 2.45) is 5.92 Å². The molecule has 2 fully saturated rings. The molecule has 2 amide bonds. The predicted molar refractivity (Wildman–Crippen MR) is 141 cm³/mol. The Morgan fingerprint density at radius 2 is 1.95 bits per heavy atom. The fourth-order valence-corrected chi connectivity index (χ4v) is 5.14. The summed E-state index contributed by atoms with van der Waals surface area (Å²) in [5.41, 5.74) is 1.93. The van der Waals surface area contributed by atoms with Crippen LogP contribution in [0.1, 0.15) is 60.1 Å². The molecule has 214 valence electrons. The molecule has 2 aliphatic carbocycles. The van der Waals surface area contributed by atoms with E-state index >= 15 is 4.39 Å². The van der Waals surface area contributed by atoms with Crippen LogP contribution >= 0.6 is 0 Å². The first-order chi connectivity index (χ1) is 19.2. The minimum atomic E-state index is -2.68. The number of aryl methyl sites for hydroxylation is 1. The fraction of sp³-hybridized carbons (Fsp3) is 0.500. The Balaban J connectivity index is 1.39. The number of carbonyl (C=O) groups excluding carboxylic acids is 2. The van der Waals surface area contributed by atoms with Gasteiger partial charge >= 0.3 is 0 Å². The third kappa shape index (κ3) is 6.06. The van der Waals surface area contributed by atoms with Crippen molar-refractivity contribution >= 4 is 22.8 Å². The van der Waals surface area contributed by atoms with Crippen molar-refractivity contribution in [3.8, 4) is 17.0 Å². The van der Waals surface area contributed by atoms with Gasteiger partial charge in [-0.3, -0.25) is 9.59 Å². The van der Waals surface area contributed by atoms with Crippen LogP contribution in [-0.2, 0) is 9.53 Å². The maximum absolute atomic E-state index is 15.0. The number of fused-ring (bicyclic) bond motifs is 1. The highest BCUT2D eigenvalue weighted by molar-refractivity contribution is 6.09. The summed E-state index contributed by atoms with van der Waals surface area (Å²) in [6, 6.07) is 3.13. The van der Waals surface area contributed by atoms with E-state index < -0.39 is 24.5 Å². The van der Waals surface area contributed by atoms with Crippen LogP contribution in [-0.4, -0.2) is 65.3 Å². The van der Waals surface area contributed by atoms with Crippen molar-refractivity contribution in [3.63, 3.8) is 0 Å². The minimum absolute atomic E-state index is 0.0731. The maximum Gasteiger partial charge on any atom is 0.263 e. The largest absolute Gasteiger partial charge is 0.493 e. The van der Waals surface area contributed by atoms with Crippen LogP contribution < -0.4 is 15.4 Å². The molecular weight excluding hydrogens is 527 g/mol. The molecule has 0 radical (unpaired) electrons. The quantitative estimate of drug-likeness (QED) is 0.339. The third-order valence-corrected chi connectivity index (χ3v) is 7.41. The fourth-order valence-electron chi connectivity index (χ4n) is 5.14. The number of hydrogen-bond donors (Lipinski definition) is 3. The Bertz CT molecular complexity index is 1390. The number of amides is 2. The number of alkyl halides is 3. The van der Waals surface area contributed by atoms with Gasteiger partial charge in [0.25, 0.3) is 12.3 Å². The summed E-state index contributed by atoms with van der Waals surface area (Å²) >= 11 is 0. The standard InChI is InChI=1S/C28H32F3N5O4/c1-14-23(28(38)36-20-7-6-17(10-19(20)29)35-22(37)12-39-2)25-26(34-14)24(32-13-33-25)18-9-16(27(30)31)5-8-21(18)40-11-15-3-4-15/h5,8-9,13,15,17,19-20,27,34H,3-4,6-7,10-12H2,1-2H3,(H,35,37)(H,36,38)/t17-,19?,20?/m1/s1. The first kappa shape index (κ1) is 27.9. The molecule has 0 spiro atoms. The number of aromatic amines is 1. The molecular formula is C28H32F3N5O4. The van der Waals surface area contributed by atoms with E-state index in [2.05, 4.69) is 25.6 Å².